The molecule has 0 saturated carbocycles. The number of rotatable bonds is 10. The molecule has 4 rings (SSSR count). The summed E-state index contributed by atoms with van der Waals surface area (Å²) in [6.45, 7) is 7.50. The summed E-state index contributed by atoms with van der Waals surface area (Å²) in [6.07, 6.45) is 5.09. The third kappa shape index (κ3) is 5.25. The molecule has 1 N–H and O–H groups in total. The highest BCUT2D eigenvalue weighted by molar-refractivity contribution is 6.46. The molecule has 0 bridgehead atoms. The van der Waals surface area contributed by atoms with Crippen molar-refractivity contribution in [2.45, 2.75) is 46.1 Å². The van der Waals surface area contributed by atoms with Crippen LogP contribution in [0, 0.1) is 13.8 Å². The maximum Gasteiger partial charge on any atom is 0.295 e. The number of aryl methyl sites for hydroxylation is 2. The van der Waals surface area contributed by atoms with Crippen LogP contribution in [0.2, 0.25) is 0 Å². The Morgan fingerprint density at radius 3 is 2.49 bits per heavy atom. The van der Waals surface area contributed by atoms with Gasteiger partial charge >= 0.3 is 0 Å². The van der Waals surface area contributed by atoms with E-state index in [-0.39, 0.29) is 11.3 Å². The molecule has 8 heteroatoms. The van der Waals surface area contributed by atoms with E-state index in [1.807, 2.05) is 79.8 Å². The Morgan fingerprint density at radius 1 is 1.11 bits per heavy atom. The Balaban J connectivity index is 1.77. The Morgan fingerprint density at radius 2 is 1.84 bits per heavy atom. The van der Waals surface area contributed by atoms with E-state index < -0.39 is 17.7 Å². The first kappa shape index (κ1) is 26.4. The highest BCUT2D eigenvalue weighted by Crippen LogP contribution is 2.40. The van der Waals surface area contributed by atoms with Gasteiger partial charge in [-0.05, 0) is 63.7 Å². The lowest BCUT2D eigenvalue weighted by Crippen LogP contribution is -2.35. The number of carbonyl (C=O) groups excluding carboxylic acids is 2. The summed E-state index contributed by atoms with van der Waals surface area (Å²) in [6, 6.07) is 10.6. The number of fused-ring (bicyclic) bond motifs is 1. The van der Waals surface area contributed by atoms with Crippen LogP contribution in [0.25, 0.3) is 11.4 Å². The summed E-state index contributed by atoms with van der Waals surface area (Å²) in [5.41, 5.74) is 3.44. The molecule has 0 aliphatic carbocycles. The Kier molecular flexibility index (Phi) is 7.97. The lowest BCUT2D eigenvalue weighted by Gasteiger charge is -2.26. The smallest absolute Gasteiger partial charge is 0.295 e. The van der Waals surface area contributed by atoms with E-state index in [0.717, 1.165) is 36.1 Å². The van der Waals surface area contributed by atoms with Gasteiger partial charge in [-0.1, -0.05) is 38.0 Å². The van der Waals surface area contributed by atoms with E-state index in [4.69, 9.17) is 4.74 Å². The third-order valence-corrected chi connectivity index (χ3v) is 6.85. The van der Waals surface area contributed by atoms with Gasteiger partial charge in [0.05, 0.1) is 23.9 Å². The molecule has 2 aromatic heterocycles. The van der Waals surface area contributed by atoms with Gasteiger partial charge in [-0.3, -0.25) is 9.59 Å². The molecule has 1 aromatic carbocycles. The Hall–Kier alpha value is -3.65. The number of pyridine rings is 1. The van der Waals surface area contributed by atoms with Crippen molar-refractivity contribution in [1.29, 1.82) is 0 Å². The SMILES string of the molecule is CCCCCOc1ccc(C2/C(=C(\O)c3nc4c(C)cccn4c3C)C(=O)C(=O)N2CCN(C)C)cc1. The fourth-order valence-corrected chi connectivity index (χ4v) is 4.73. The second-order valence-corrected chi connectivity index (χ2v) is 9.85. The molecule has 196 valence electrons. The predicted molar refractivity (Wildman–Crippen MR) is 144 cm³/mol. The van der Waals surface area contributed by atoms with Gasteiger partial charge in [-0.25, -0.2) is 4.98 Å². The van der Waals surface area contributed by atoms with E-state index in [9.17, 15) is 14.7 Å². The maximum absolute atomic E-state index is 13.3. The number of ether oxygens (including phenoxy) is 1. The average Bonchev–Trinajstić information content (AvgIpc) is 3.35. The van der Waals surface area contributed by atoms with Gasteiger partial charge in [0.25, 0.3) is 11.7 Å². The number of hydrogen-bond donors (Lipinski definition) is 1. The fraction of sp³-hybridized carbons (Fsp3) is 0.414. The minimum absolute atomic E-state index is 0.0597. The number of imidazole rings is 1. The standard InChI is InChI=1S/C29H36N4O4/c1-6-7-8-18-37-22-13-11-21(12-14-22)25-23(27(35)29(36)33(25)17-16-31(4)5)26(34)24-20(3)32-15-9-10-19(2)28(32)30-24/h9-15,25,34H,6-8,16-18H2,1-5H3/b26-23+. The van der Waals surface area contributed by atoms with E-state index in [2.05, 4.69) is 11.9 Å². The fourth-order valence-electron chi connectivity index (χ4n) is 4.73. The van der Waals surface area contributed by atoms with Gasteiger partial charge in [0.1, 0.15) is 17.1 Å². The first-order valence-electron chi connectivity index (χ1n) is 12.8. The molecule has 0 spiro atoms. The molecular weight excluding hydrogens is 468 g/mol. The van der Waals surface area contributed by atoms with Crippen LogP contribution in [0.4, 0.5) is 0 Å². The highest BCUT2D eigenvalue weighted by Gasteiger charge is 2.46. The topological polar surface area (TPSA) is 87.4 Å². The number of ketones is 1. The summed E-state index contributed by atoms with van der Waals surface area (Å²) < 4.78 is 7.73. The minimum atomic E-state index is -0.723. The van der Waals surface area contributed by atoms with E-state index in [1.165, 1.54) is 0 Å². The number of nitrogens with zero attached hydrogens (tertiary/aromatic N) is 4. The second-order valence-electron chi connectivity index (χ2n) is 9.85. The summed E-state index contributed by atoms with van der Waals surface area (Å²) in [7, 11) is 3.83. The normalized spacial score (nSPS) is 17.4. The van der Waals surface area contributed by atoms with Gasteiger partial charge in [0.15, 0.2) is 5.76 Å². The molecule has 1 atom stereocenters. The predicted octanol–water partition coefficient (Wildman–Crippen LogP) is 4.50. The van der Waals surface area contributed by atoms with Crippen LogP contribution in [0.15, 0.2) is 48.2 Å². The number of aliphatic hydroxyl groups excluding tert-OH is 1. The number of likely N-dealkylation sites (tertiary alicyclic amines) is 1. The molecule has 3 heterocycles. The second kappa shape index (κ2) is 11.2. The zero-order valence-corrected chi connectivity index (χ0v) is 22.3. The maximum atomic E-state index is 13.3. The van der Waals surface area contributed by atoms with Crippen LogP contribution >= 0.6 is 0 Å². The molecule has 37 heavy (non-hydrogen) atoms. The van der Waals surface area contributed by atoms with Crippen molar-refractivity contribution in [3.05, 3.63) is 70.7 Å². The van der Waals surface area contributed by atoms with Gasteiger partial charge < -0.3 is 24.0 Å². The largest absolute Gasteiger partial charge is 0.505 e. The van der Waals surface area contributed by atoms with Gasteiger partial charge in [-0.2, -0.15) is 0 Å². The van der Waals surface area contributed by atoms with Crippen LogP contribution in [0.5, 0.6) is 5.75 Å². The van der Waals surface area contributed by atoms with E-state index >= 15 is 0 Å². The molecule has 1 fully saturated rings. The van der Waals surface area contributed by atoms with Crippen molar-refractivity contribution >= 4 is 23.1 Å². The lowest BCUT2D eigenvalue weighted by atomic mass is 9.96. The average molecular weight is 505 g/mol. The summed E-state index contributed by atoms with van der Waals surface area (Å²) in [5, 5.41) is 11.5. The van der Waals surface area contributed by atoms with Gasteiger partial charge in [0, 0.05) is 19.3 Å². The highest BCUT2D eigenvalue weighted by atomic mass is 16.5. The zero-order valence-electron chi connectivity index (χ0n) is 22.3. The zero-order chi connectivity index (χ0) is 26.7. The van der Waals surface area contributed by atoms with Crippen molar-refractivity contribution in [2.75, 3.05) is 33.8 Å². The molecule has 1 aliphatic heterocycles. The number of Topliss-reactive ketones (excluding diaryl/α,β-unsaturated/α-hetero) is 1. The van der Waals surface area contributed by atoms with Crippen molar-refractivity contribution in [2.24, 2.45) is 0 Å². The van der Waals surface area contributed by atoms with Crippen LogP contribution in [0.3, 0.4) is 0 Å². The van der Waals surface area contributed by atoms with Crippen molar-refractivity contribution in [1.82, 2.24) is 19.2 Å². The molecule has 1 saturated heterocycles. The quantitative estimate of drug-likeness (QED) is 0.189. The number of hydrogen-bond acceptors (Lipinski definition) is 6. The number of amides is 1. The molecule has 0 radical (unpaired) electrons. The van der Waals surface area contributed by atoms with Crippen molar-refractivity contribution in [3.63, 3.8) is 0 Å². The summed E-state index contributed by atoms with van der Waals surface area (Å²) in [4.78, 5) is 34.7. The number of unbranched alkanes of at least 4 members (excludes halogenated alkanes) is 2. The molecule has 1 aliphatic rings. The first-order chi connectivity index (χ1) is 17.7. The number of likely N-dealkylation sites (N-methyl/N-ethyl adjacent to an activating group) is 1. The summed E-state index contributed by atoms with van der Waals surface area (Å²) in [5.74, 6) is -0.840. The van der Waals surface area contributed by atoms with Crippen molar-refractivity contribution in [3.8, 4) is 5.75 Å². The number of benzene rings is 1. The van der Waals surface area contributed by atoms with Crippen LogP contribution in [-0.4, -0.2) is 69.8 Å². The number of carbonyl (C=O) groups is 2. The Labute approximate surface area is 218 Å². The van der Waals surface area contributed by atoms with Crippen molar-refractivity contribution < 1.29 is 19.4 Å². The molecule has 1 unspecified atom stereocenters. The van der Waals surface area contributed by atoms with E-state index in [1.54, 1.807) is 4.90 Å². The molecule has 1 amide bonds. The number of aromatic nitrogens is 2. The third-order valence-electron chi connectivity index (χ3n) is 6.85. The van der Waals surface area contributed by atoms with Gasteiger partial charge in [-0.15, -0.1) is 0 Å². The Bertz CT molecular complexity index is 1320. The summed E-state index contributed by atoms with van der Waals surface area (Å²) >= 11 is 0. The van der Waals surface area contributed by atoms with E-state index in [0.29, 0.717) is 36.7 Å². The minimum Gasteiger partial charge on any atom is -0.505 e. The molecular formula is C29H36N4O4. The number of aliphatic hydroxyl groups is 1. The van der Waals surface area contributed by atoms with Gasteiger partial charge in [0.2, 0.25) is 0 Å². The lowest BCUT2D eigenvalue weighted by molar-refractivity contribution is -0.140. The first-order valence-corrected chi connectivity index (χ1v) is 12.8. The molecule has 8 nitrogen and oxygen atoms in total. The van der Waals surface area contributed by atoms with Crippen LogP contribution in [0.1, 0.15) is 54.7 Å². The van der Waals surface area contributed by atoms with Crippen LogP contribution < -0.4 is 4.74 Å². The molecule has 3 aromatic rings. The monoisotopic (exact) mass is 504 g/mol. The van der Waals surface area contributed by atoms with Crippen LogP contribution in [-0.2, 0) is 9.59 Å².